The Bertz CT molecular complexity index is 636. The number of nitrogens with zero attached hydrogens (tertiary/aromatic N) is 1. The molecular formula is C16H20ClN3O2. The molecule has 2 heterocycles. The number of piperidine rings is 1. The van der Waals surface area contributed by atoms with Crippen molar-refractivity contribution in [3.63, 3.8) is 0 Å². The van der Waals surface area contributed by atoms with Gasteiger partial charge in [0, 0.05) is 17.2 Å². The van der Waals surface area contributed by atoms with Crippen LogP contribution in [-0.2, 0) is 4.79 Å². The van der Waals surface area contributed by atoms with Crippen LogP contribution in [0.5, 0.6) is 0 Å². The predicted molar refractivity (Wildman–Crippen MR) is 88.1 cm³/mol. The number of rotatable bonds is 3. The largest absolute Gasteiger partial charge is 0.444 e. The Morgan fingerprint density at radius 2 is 2.14 bits per heavy atom. The molecule has 1 amide bonds. The van der Waals surface area contributed by atoms with Crippen molar-refractivity contribution in [2.45, 2.75) is 19.8 Å². The number of carbonyl (C=O) groups excluding carboxylic acids is 1. The molecule has 2 N–H and O–H groups in total. The van der Waals surface area contributed by atoms with Crippen LogP contribution in [-0.4, -0.2) is 24.0 Å². The Hall–Kier alpha value is -1.85. The maximum Gasteiger partial charge on any atom is 0.227 e. The van der Waals surface area contributed by atoms with Crippen molar-refractivity contribution in [2.75, 3.05) is 18.4 Å². The summed E-state index contributed by atoms with van der Waals surface area (Å²) in [6.07, 6.45) is 3.41. The van der Waals surface area contributed by atoms with Gasteiger partial charge in [0.25, 0.3) is 0 Å². The van der Waals surface area contributed by atoms with Crippen LogP contribution in [0.4, 0.5) is 5.69 Å². The molecule has 1 fully saturated rings. The summed E-state index contributed by atoms with van der Waals surface area (Å²) in [6.45, 7) is 3.71. The SMILES string of the molecule is Cc1coc(-c2cccc(NC(=O)C3CCNCC3)c2)n1.Cl. The standard InChI is InChI=1S/C16H19N3O2.ClH/c1-11-10-21-16(18-11)13-3-2-4-14(9-13)19-15(20)12-5-7-17-8-6-12;/h2-4,9-10,12,17H,5-8H2,1H3,(H,19,20);1H. The van der Waals surface area contributed by atoms with Gasteiger partial charge in [0.1, 0.15) is 6.26 Å². The average Bonchev–Trinajstić information content (AvgIpc) is 2.95. The topological polar surface area (TPSA) is 67.2 Å². The third-order valence-corrected chi connectivity index (χ3v) is 3.71. The van der Waals surface area contributed by atoms with E-state index < -0.39 is 0 Å². The van der Waals surface area contributed by atoms with Crippen molar-refractivity contribution in [3.05, 3.63) is 36.2 Å². The minimum absolute atomic E-state index is 0. The molecule has 3 rings (SSSR count). The molecule has 1 saturated heterocycles. The van der Waals surface area contributed by atoms with Gasteiger partial charge >= 0.3 is 0 Å². The molecule has 2 aromatic rings. The van der Waals surface area contributed by atoms with E-state index in [4.69, 9.17) is 4.42 Å². The lowest BCUT2D eigenvalue weighted by atomic mass is 9.97. The van der Waals surface area contributed by atoms with Crippen LogP contribution < -0.4 is 10.6 Å². The second kappa shape index (κ2) is 7.42. The number of benzene rings is 1. The highest BCUT2D eigenvalue weighted by molar-refractivity contribution is 5.93. The van der Waals surface area contributed by atoms with Gasteiger partial charge in [-0.3, -0.25) is 4.79 Å². The number of aromatic nitrogens is 1. The third kappa shape index (κ3) is 3.87. The molecule has 0 bridgehead atoms. The number of carbonyl (C=O) groups is 1. The average molecular weight is 322 g/mol. The molecule has 1 aliphatic heterocycles. The van der Waals surface area contributed by atoms with Gasteiger partial charge in [-0.15, -0.1) is 12.4 Å². The lowest BCUT2D eigenvalue weighted by Crippen LogP contribution is -2.34. The summed E-state index contributed by atoms with van der Waals surface area (Å²) in [5, 5.41) is 6.26. The zero-order valence-corrected chi connectivity index (χ0v) is 13.3. The van der Waals surface area contributed by atoms with Crippen molar-refractivity contribution in [1.82, 2.24) is 10.3 Å². The zero-order valence-electron chi connectivity index (χ0n) is 12.5. The molecule has 0 aliphatic carbocycles. The summed E-state index contributed by atoms with van der Waals surface area (Å²) in [5.41, 5.74) is 2.49. The number of oxazole rings is 1. The number of halogens is 1. The molecule has 0 atom stereocenters. The van der Waals surface area contributed by atoms with Crippen LogP contribution in [0, 0.1) is 12.8 Å². The minimum atomic E-state index is 0. The first-order valence-electron chi connectivity index (χ1n) is 7.26. The zero-order chi connectivity index (χ0) is 14.7. The number of anilines is 1. The number of aryl methyl sites for hydroxylation is 1. The number of hydrogen-bond acceptors (Lipinski definition) is 4. The van der Waals surface area contributed by atoms with E-state index >= 15 is 0 Å². The van der Waals surface area contributed by atoms with Crippen LogP contribution in [0.3, 0.4) is 0 Å². The van der Waals surface area contributed by atoms with Crippen molar-refractivity contribution in [1.29, 1.82) is 0 Å². The molecule has 0 radical (unpaired) electrons. The first-order chi connectivity index (χ1) is 10.2. The molecule has 0 saturated carbocycles. The molecule has 6 heteroatoms. The molecule has 1 aliphatic rings. The highest BCUT2D eigenvalue weighted by atomic mass is 35.5. The molecule has 5 nitrogen and oxygen atoms in total. The van der Waals surface area contributed by atoms with Gasteiger partial charge in [-0.2, -0.15) is 0 Å². The Labute approximate surface area is 135 Å². The fourth-order valence-corrected chi connectivity index (χ4v) is 2.54. The van der Waals surface area contributed by atoms with E-state index in [1.54, 1.807) is 6.26 Å². The maximum absolute atomic E-state index is 12.2. The second-order valence-electron chi connectivity index (χ2n) is 5.39. The normalized spacial score (nSPS) is 15.1. The molecule has 22 heavy (non-hydrogen) atoms. The minimum Gasteiger partial charge on any atom is -0.444 e. The summed E-state index contributed by atoms with van der Waals surface area (Å²) in [7, 11) is 0. The molecular weight excluding hydrogens is 302 g/mol. The summed E-state index contributed by atoms with van der Waals surface area (Å²) >= 11 is 0. The molecule has 118 valence electrons. The van der Waals surface area contributed by atoms with Crippen LogP contribution in [0.15, 0.2) is 34.9 Å². The Kier molecular flexibility index (Phi) is 5.57. The first kappa shape index (κ1) is 16.5. The molecule has 1 aromatic heterocycles. The van der Waals surface area contributed by atoms with Crippen molar-refractivity contribution >= 4 is 24.0 Å². The molecule has 0 unspecified atom stereocenters. The van der Waals surface area contributed by atoms with Crippen LogP contribution >= 0.6 is 12.4 Å². The van der Waals surface area contributed by atoms with Gasteiger partial charge in [-0.25, -0.2) is 4.98 Å². The van der Waals surface area contributed by atoms with Gasteiger partial charge in [0.15, 0.2) is 0 Å². The van der Waals surface area contributed by atoms with Crippen LogP contribution in [0.2, 0.25) is 0 Å². The lowest BCUT2D eigenvalue weighted by Gasteiger charge is -2.21. The first-order valence-corrected chi connectivity index (χ1v) is 7.26. The van der Waals surface area contributed by atoms with Crippen LogP contribution in [0.1, 0.15) is 18.5 Å². The van der Waals surface area contributed by atoms with E-state index in [2.05, 4.69) is 15.6 Å². The van der Waals surface area contributed by atoms with E-state index in [-0.39, 0.29) is 24.2 Å². The van der Waals surface area contributed by atoms with E-state index in [1.807, 2.05) is 31.2 Å². The number of nitrogens with one attached hydrogen (secondary N) is 2. The Morgan fingerprint density at radius 3 is 2.82 bits per heavy atom. The molecule has 0 spiro atoms. The van der Waals surface area contributed by atoms with Gasteiger partial charge in [0.05, 0.1) is 5.69 Å². The fraction of sp³-hybridized carbons (Fsp3) is 0.375. The third-order valence-electron chi connectivity index (χ3n) is 3.71. The number of hydrogen-bond donors (Lipinski definition) is 2. The Balaban J connectivity index is 0.00000176. The van der Waals surface area contributed by atoms with Crippen molar-refractivity contribution in [2.24, 2.45) is 5.92 Å². The predicted octanol–water partition coefficient (Wildman–Crippen LogP) is 3.01. The second-order valence-corrected chi connectivity index (χ2v) is 5.39. The van der Waals surface area contributed by atoms with Gasteiger partial charge in [-0.05, 0) is 51.1 Å². The highest BCUT2D eigenvalue weighted by Crippen LogP contribution is 2.23. The van der Waals surface area contributed by atoms with Gasteiger partial charge < -0.3 is 15.1 Å². The van der Waals surface area contributed by atoms with Gasteiger partial charge in [-0.1, -0.05) is 6.07 Å². The fourth-order valence-electron chi connectivity index (χ4n) is 2.54. The monoisotopic (exact) mass is 321 g/mol. The van der Waals surface area contributed by atoms with Gasteiger partial charge in [0.2, 0.25) is 11.8 Å². The smallest absolute Gasteiger partial charge is 0.227 e. The summed E-state index contributed by atoms with van der Waals surface area (Å²) in [6, 6.07) is 7.60. The molecule has 1 aromatic carbocycles. The quantitative estimate of drug-likeness (QED) is 0.912. The summed E-state index contributed by atoms with van der Waals surface area (Å²) < 4.78 is 5.39. The van der Waals surface area contributed by atoms with Crippen molar-refractivity contribution < 1.29 is 9.21 Å². The van der Waals surface area contributed by atoms with E-state index in [9.17, 15) is 4.79 Å². The highest BCUT2D eigenvalue weighted by Gasteiger charge is 2.20. The van der Waals surface area contributed by atoms with E-state index in [1.165, 1.54) is 0 Å². The van der Waals surface area contributed by atoms with E-state index in [0.29, 0.717) is 5.89 Å². The Morgan fingerprint density at radius 1 is 1.36 bits per heavy atom. The van der Waals surface area contributed by atoms with E-state index in [0.717, 1.165) is 42.9 Å². The number of amides is 1. The van der Waals surface area contributed by atoms with Crippen molar-refractivity contribution in [3.8, 4) is 11.5 Å². The van der Waals surface area contributed by atoms with Crippen LogP contribution in [0.25, 0.3) is 11.5 Å². The maximum atomic E-state index is 12.2. The summed E-state index contributed by atoms with van der Waals surface area (Å²) in [4.78, 5) is 16.5. The summed E-state index contributed by atoms with van der Waals surface area (Å²) in [5.74, 6) is 0.765. The lowest BCUT2D eigenvalue weighted by molar-refractivity contribution is -0.120.